The zero-order chi connectivity index (χ0) is 30.7. The molecule has 0 saturated carbocycles. The summed E-state index contributed by atoms with van der Waals surface area (Å²) in [5.41, 5.74) is 2.04. The predicted octanol–water partition coefficient (Wildman–Crippen LogP) is 5.61. The number of fused-ring (bicyclic) bond motifs is 4. The number of ether oxygens (including phenoxy) is 1. The molecule has 0 spiro atoms. The fourth-order valence-electron chi connectivity index (χ4n) is 6.33. The van der Waals surface area contributed by atoms with Crippen LogP contribution in [0.1, 0.15) is 44.5 Å². The molecule has 228 valence electrons. The van der Waals surface area contributed by atoms with E-state index in [9.17, 15) is 23.5 Å². The van der Waals surface area contributed by atoms with E-state index in [1.165, 1.54) is 4.90 Å². The molecule has 1 N–H and O–H groups in total. The number of nitrogens with zero attached hydrogens (tertiary/aromatic N) is 6. The molecule has 5 heterocycles. The third kappa shape index (κ3) is 4.75. The lowest BCUT2D eigenvalue weighted by Gasteiger charge is -2.33. The Morgan fingerprint density at radius 2 is 1.86 bits per heavy atom. The molecule has 2 aromatic carbocycles. The lowest BCUT2D eigenvalue weighted by molar-refractivity contribution is -0.138. The minimum absolute atomic E-state index is 0.0116. The number of furan rings is 1. The minimum atomic E-state index is -2.98. The lowest BCUT2D eigenvalue weighted by Crippen LogP contribution is -2.38. The number of alkyl halides is 2. The van der Waals surface area contributed by atoms with Gasteiger partial charge in [0.1, 0.15) is 23.2 Å². The van der Waals surface area contributed by atoms with Crippen LogP contribution < -0.4 is 9.64 Å². The van der Waals surface area contributed by atoms with Crippen LogP contribution in [-0.4, -0.2) is 73.2 Å². The van der Waals surface area contributed by atoms with Crippen LogP contribution in [0, 0.1) is 0 Å². The quantitative estimate of drug-likeness (QED) is 0.256. The van der Waals surface area contributed by atoms with Crippen molar-refractivity contribution in [3.63, 3.8) is 0 Å². The van der Waals surface area contributed by atoms with Gasteiger partial charge in [-0.05, 0) is 37.1 Å². The summed E-state index contributed by atoms with van der Waals surface area (Å²) in [7, 11) is 0. The molecule has 2 saturated heterocycles. The van der Waals surface area contributed by atoms with Gasteiger partial charge in [-0.1, -0.05) is 29.8 Å². The van der Waals surface area contributed by atoms with Gasteiger partial charge < -0.3 is 24.1 Å². The molecule has 5 aromatic rings. The number of hydrogen-bond donors (Lipinski definition) is 1. The molecule has 44 heavy (non-hydrogen) atoms. The largest absolute Gasteiger partial charge is 0.480 e. The van der Waals surface area contributed by atoms with E-state index >= 15 is 0 Å². The van der Waals surface area contributed by atoms with Gasteiger partial charge in [-0.15, -0.1) is 0 Å². The van der Waals surface area contributed by atoms with Crippen molar-refractivity contribution in [3.05, 3.63) is 53.3 Å². The summed E-state index contributed by atoms with van der Waals surface area (Å²) in [5.74, 6) is -1.91. The van der Waals surface area contributed by atoms with Crippen LogP contribution in [0.15, 0.2) is 46.9 Å². The molecular weight excluding hydrogens is 598 g/mol. The van der Waals surface area contributed by atoms with Crippen molar-refractivity contribution in [2.75, 3.05) is 24.5 Å². The first kappa shape index (κ1) is 28.3. The van der Waals surface area contributed by atoms with E-state index in [0.29, 0.717) is 53.0 Å². The smallest absolute Gasteiger partial charge is 0.326 e. The van der Waals surface area contributed by atoms with Crippen molar-refractivity contribution in [2.45, 2.75) is 50.8 Å². The highest BCUT2D eigenvalue weighted by Crippen LogP contribution is 2.40. The van der Waals surface area contributed by atoms with E-state index < -0.39 is 30.4 Å². The number of aliphatic carboxylic acids is 1. The summed E-state index contributed by atoms with van der Waals surface area (Å²) in [4.78, 5) is 40.5. The van der Waals surface area contributed by atoms with Crippen molar-refractivity contribution in [2.24, 2.45) is 0 Å². The second kappa shape index (κ2) is 10.9. The van der Waals surface area contributed by atoms with Crippen LogP contribution in [0.5, 0.6) is 6.01 Å². The molecule has 1 amide bonds. The van der Waals surface area contributed by atoms with Gasteiger partial charge >= 0.3 is 5.97 Å². The van der Waals surface area contributed by atoms with E-state index in [4.69, 9.17) is 25.7 Å². The van der Waals surface area contributed by atoms with Gasteiger partial charge in [0, 0.05) is 37.9 Å². The molecule has 7 rings (SSSR count). The molecule has 11 nitrogen and oxygen atoms in total. The minimum Gasteiger partial charge on any atom is -0.480 e. The van der Waals surface area contributed by atoms with Crippen LogP contribution >= 0.6 is 11.6 Å². The van der Waals surface area contributed by atoms with Crippen LogP contribution in [-0.2, 0) is 9.59 Å². The first-order valence-corrected chi connectivity index (χ1v) is 14.6. The van der Waals surface area contributed by atoms with Crippen LogP contribution in [0.2, 0.25) is 5.02 Å². The number of rotatable bonds is 6. The monoisotopic (exact) mass is 624 g/mol. The molecule has 0 radical (unpaired) electrons. The Balaban J connectivity index is 1.26. The Labute approximate surface area is 254 Å². The Hall–Kier alpha value is -4.52. The number of likely N-dealkylation sites (tertiary alicyclic amines) is 1. The fraction of sp³-hybridized carbons (Fsp3) is 0.367. The highest BCUT2D eigenvalue weighted by atomic mass is 35.5. The number of anilines is 1. The lowest BCUT2D eigenvalue weighted by atomic mass is 10.0. The third-order valence-corrected chi connectivity index (χ3v) is 8.71. The van der Waals surface area contributed by atoms with Crippen LogP contribution in [0.3, 0.4) is 0 Å². The second-order valence-electron chi connectivity index (χ2n) is 11.1. The first-order valence-electron chi connectivity index (χ1n) is 14.2. The van der Waals surface area contributed by atoms with Crippen molar-refractivity contribution >= 4 is 62.4 Å². The van der Waals surface area contributed by atoms with E-state index in [1.807, 2.05) is 10.6 Å². The highest BCUT2D eigenvalue weighted by Gasteiger charge is 2.42. The number of carbonyl (C=O) groups excluding carboxylic acids is 1. The fourth-order valence-corrected chi connectivity index (χ4v) is 6.59. The average Bonchev–Trinajstić information content (AvgIpc) is 3.70. The number of hydrogen-bond acceptors (Lipinski definition) is 8. The topological polar surface area (TPSA) is 127 Å². The third-order valence-electron chi connectivity index (χ3n) is 8.41. The zero-order valence-corrected chi connectivity index (χ0v) is 24.2. The maximum atomic E-state index is 14.0. The van der Waals surface area contributed by atoms with Gasteiger partial charge in [0.15, 0.2) is 17.2 Å². The number of para-hydroxylation sites is 2. The van der Waals surface area contributed by atoms with Crippen molar-refractivity contribution in [1.29, 1.82) is 0 Å². The molecule has 3 aromatic heterocycles. The maximum absolute atomic E-state index is 14.0. The second-order valence-corrected chi connectivity index (χ2v) is 11.5. The number of carboxylic acids is 1. The summed E-state index contributed by atoms with van der Waals surface area (Å²) in [5, 5.41) is 11.2. The zero-order valence-electron chi connectivity index (χ0n) is 23.5. The van der Waals surface area contributed by atoms with Gasteiger partial charge in [-0.3, -0.25) is 9.36 Å². The van der Waals surface area contributed by atoms with Crippen molar-refractivity contribution in [1.82, 2.24) is 24.4 Å². The normalized spacial score (nSPS) is 19.6. The van der Waals surface area contributed by atoms with Gasteiger partial charge in [-0.2, -0.15) is 4.98 Å². The molecular formula is C30H27ClF2N6O5. The number of amides is 1. The van der Waals surface area contributed by atoms with Crippen LogP contribution in [0.25, 0.3) is 33.1 Å². The first-order chi connectivity index (χ1) is 21.2. The maximum Gasteiger partial charge on any atom is 0.326 e. The Bertz CT molecular complexity index is 1920. The Morgan fingerprint density at radius 3 is 2.59 bits per heavy atom. The molecule has 2 atom stereocenters. The Morgan fingerprint density at radius 1 is 1.09 bits per heavy atom. The van der Waals surface area contributed by atoms with E-state index in [1.54, 1.807) is 48.2 Å². The van der Waals surface area contributed by atoms with Gasteiger partial charge in [0.25, 0.3) is 12.4 Å². The number of carboxylic acid groups (broad SMARTS) is 1. The molecule has 0 bridgehead atoms. The number of aromatic nitrogens is 4. The molecule has 2 aliphatic rings. The summed E-state index contributed by atoms with van der Waals surface area (Å²) < 4.78 is 42.3. The summed E-state index contributed by atoms with van der Waals surface area (Å²) >= 11 is 6.64. The SMILES string of the molecule is CC(=O)N1CCC(n2c(O[C@H]3C[C@@H](C(=O)O)N(c4nc(C(F)F)nc5c4oc4ccccc45)C3)nc3cccc(Cl)c32)CC1. The van der Waals surface area contributed by atoms with Gasteiger partial charge in [-0.25, -0.2) is 23.5 Å². The van der Waals surface area contributed by atoms with E-state index in [0.717, 1.165) is 0 Å². The summed E-state index contributed by atoms with van der Waals surface area (Å²) in [6.07, 6.45) is -2.33. The molecule has 2 fully saturated rings. The number of benzene rings is 2. The molecule has 14 heteroatoms. The van der Waals surface area contributed by atoms with Gasteiger partial charge in [0.2, 0.25) is 5.91 Å². The van der Waals surface area contributed by atoms with Crippen molar-refractivity contribution in [3.8, 4) is 6.01 Å². The standard InChI is InChI=1S/C30H27ClF2N6O5/c1-15(40)37-11-9-16(10-12-37)39-24-19(31)6-4-7-20(24)34-30(39)43-17-13-21(29(41)42)38(14-17)28-25-23(35-27(36-28)26(32)33)18-5-2-3-8-22(18)44-25/h2-8,16-17,21,26H,9-14H2,1H3,(H,41,42)/t17-,21-/m0/s1. The van der Waals surface area contributed by atoms with E-state index in [2.05, 4.69) is 9.97 Å². The number of piperidine rings is 1. The number of carbonyl (C=O) groups is 2. The van der Waals surface area contributed by atoms with Crippen molar-refractivity contribution < 1.29 is 32.6 Å². The summed E-state index contributed by atoms with van der Waals surface area (Å²) in [6, 6.07) is 11.3. The molecule has 0 unspecified atom stereocenters. The van der Waals surface area contributed by atoms with Gasteiger partial charge in [0.05, 0.1) is 22.6 Å². The highest BCUT2D eigenvalue weighted by molar-refractivity contribution is 6.35. The molecule has 0 aliphatic carbocycles. The van der Waals surface area contributed by atoms with E-state index in [-0.39, 0.29) is 47.8 Å². The van der Waals surface area contributed by atoms with Crippen LogP contribution in [0.4, 0.5) is 14.6 Å². The average molecular weight is 625 g/mol. The number of imidazole rings is 1. The summed E-state index contributed by atoms with van der Waals surface area (Å²) in [6.45, 7) is 2.69. The number of halogens is 3. The predicted molar refractivity (Wildman–Crippen MR) is 157 cm³/mol. The Kier molecular flexibility index (Phi) is 6.99. The molecule has 2 aliphatic heterocycles.